The third-order valence-electron chi connectivity index (χ3n) is 10.1. The van der Waals surface area contributed by atoms with Gasteiger partial charge in [-0.1, -0.05) is 82.4 Å². The van der Waals surface area contributed by atoms with E-state index >= 15 is 0 Å². The van der Waals surface area contributed by atoms with E-state index in [2.05, 4.69) is 108 Å². The van der Waals surface area contributed by atoms with Crippen molar-refractivity contribution in [2.75, 3.05) is 78.0 Å². The van der Waals surface area contributed by atoms with E-state index in [4.69, 9.17) is 0 Å². The van der Waals surface area contributed by atoms with Crippen LogP contribution in [0.15, 0.2) is 58.4 Å². The maximum atomic E-state index is 2.78. The average molecular weight is 685 g/mol. The van der Waals surface area contributed by atoms with E-state index in [1.807, 2.05) is 11.8 Å². The number of likely N-dealkylation sites (N-methyl/N-ethyl adjacent to an activating group) is 2. The van der Waals surface area contributed by atoms with Crippen LogP contribution in [0, 0.1) is 0 Å². The minimum Gasteiger partial charge on any atom is -0.305 e. The minimum atomic E-state index is 0.869. The number of allylic oxidation sites excluding steroid dienone is 4. The van der Waals surface area contributed by atoms with E-state index < -0.39 is 0 Å². The van der Waals surface area contributed by atoms with Crippen molar-refractivity contribution >= 4 is 23.5 Å². The van der Waals surface area contributed by atoms with E-state index in [-0.39, 0.29) is 0 Å². The second kappa shape index (κ2) is 26.1. The van der Waals surface area contributed by atoms with Gasteiger partial charge in [-0.2, -0.15) is 0 Å². The Morgan fingerprint density at radius 3 is 1.66 bits per heavy atom. The Hall–Kier alpha value is -0.760. The van der Waals surface area contributed by atoms with Crippen molar-refractivity contribution in [3.8, 4) is 0 Å². The molecule has 2 fully saturated rings. The molecule has 0 amide bonds. The molecule has 0 unspecified atom stereocenters. The minimum absolute atomic E-state index is 0.869. The predicted octanol–water partition coefficient (Wildman–Crippen LogP) is 10.1. The third kappa shape index (κ3) is 18.2. The highest BCUT2D eigenvalue weighted by Gasteiger charge is 2.22. The van der Waals surface area contributed by atoms with Crippen LogP contribution < -0.4 is 0 Å². The summed E-state index contributed by atoms with van der Waals surface area (Å²) in [6, 6.07) is 12.5. The molecule has 0 N–H and O–H groups in total. The van der Waals surface area contributed by atoms with Gasteiger partial charge in [0.2, 0.25) is 0 Å². The zero-order valence-electron chi connectivity index (χ0n) is 31.1. The second-order valence-electron chi connectivity index (χ2n) is 14.2. The molecule has 3 aliphatic rings. The highest BCUT2D eigenvalue weighted by molar-refractivity contribution is 8.03. The maximum Gasteiger partial charge on any atom is 0.0112 e. The number of benzene rings is 1. The van der Waals surface area contributed by atoms with Gasteiger partial charge >= 0.3 is 0 Å². The lowest BCUT2D eigenvalue weighted by Crippen LogP contribution is -2.42. The lowest BCUT2D eigenvalue weighted by Gasteiger charge is -2.35. The van der Waals surface area contributed by atoms with Crippen molar-refractivity contribution in [2.24, 2.45) is 0 Å². The predicted molar refractivity (Wildman–Crippen MR) is 213 cm³/mol. The zero-order chi connectivity index (χ0) is 33.4. The molecule has 0 bridgehead atoms. The van der Waals surface area contributed by atoms with Crippen LogP contribution in [0.25, 0.3) is 0 Å². The Bertz CT molecular complexity index is 942. The van der Waals surface area contributed by atoms with Gasteiger partial charge in [-0.3, -0.25) is 9.80 Å². The molecule has 1 aromatic carbocycles. The highest BCUT2D eigenvalue weighted by atomic mass is 32.2. The SMILES string of the molecule is CCCN(CCN(C)CCCSC1=CC=CCC1)C1CCCCC1.CCCN(CCN(C)CCCSc1ccccc1)C1CCCC1. The fourth-order valence-electron chi connectivity index (χ4n) is 7.35. The van der Waals surface area contributed by atoms with E-state index in [9.17, 15) is 0 Å². The molecule has 0 aliphatic heterocycles. The third-order valence-corrected chi connectivity index (χ3v) is 12.4. The number of hydrogen-bond acceptors (Lipinski definition) is 6. The molecule has 0 aromatic heterocycles. The van der Waals surface area contributed by atoms with Crippen LogP contribution in [0.4, 0.5) is 0 Å². The topological polar surface area (TPSA) is 13.0 Å². The molecule has 0 radical (unpaired) electrons. The summed E-state index contributed by atoms with van der Waals surface area (Å²) in [6.45, 7) is 14.6. The first-order chi connectivity index (χ1) is 23.1. The summed E-state index contributed by atoms with van der Waals surface area (Å²) < 4.78 is 0. The fourth-order valence-corrected chi connectivity index (χ4v) is 9.18. The van der Waals surface area contributed by atoms with Crippen LogP contribution in [0.5, 0.6) is 0 Å². The molecule has 1 aromatic rings. The van der Waals surface area contributed by atoms with Gasteiger partial charge in [-0.15, -0.1) is 23.5 Å². The Labute approximate surface area is 300 Å². The Balaban J connectivity index is 0.000000256. The monoisotopic (exact) mass is 685 g/mol. The number of hydrogen-bond donors (Lipinski definition) is 0. The van der Waals surface area contributed by atoms with Crippen LogP contribution >= 0.6 is 23.5 Å². The van der Waals surface area contributed by atoms with Crippen molar-refractivity contribution in [3.05, 3.63) is 53.5 Å². The van der Waals surface area contributed by atoms with Gasteiger partial charge in [0.25, 0.3) is 0 Å². The van der Waals surface area contributed by atoms with Gasteiger partial charge < -0.3 is 9.80 Å². The summed E-state index contributed by atoms with van der Waals surface area (Å²) in [6.07, 6.45) is 27.4. The molecule has 0 heterocycles. The summed E-state index contributed by atoms with van der Waals surface area (Å²) in [5.41, 5.74) is 0. The maximum absolute atomic E-state index is 2.78. The average Bonchev–Trinajstić information content (AvgIpc) is 3.66. The van der Waals surface area contributed by atoms with Gasteiger partial charge in [0.1, 0.15) is 0 Å². The van der Waals surface area contributed by atoms with Gasteiger partial charge in [-0.05, 0) is 133 Å². The lowest BCUT2D eigenvalue weighted by molar-refractivity contribution is 0.139. The van der Waals surface area contributed by atoms with Crippen molar-refractivity contribution in [1.82, 2.24) is 19.6 Å². The summed E-state index contributed by atoms with van der Waals surface area (Å²) in [4.78, 5) is 13.6. The Morgan fingerprint density at radius 1 is 0.617 bits per heavy atom. The van der Waals surface area contributed by atoms with Crippen LogP contribution in [0.3, 0.4) is 0 Å². The second-order valence-corrected chi connectivity index (χ2v) is 16.6. The number of thioether (sulfide) groups is 2. The van der Waals surface area contributed by atoms with Gasteiger partial charge in [-0.25, -0.2) is 0 Å². The standard InChI is InChI=1S/C21H38N2S.C20H34N2S/c1-3-15-23(20-11-6-4-7-12-20)18-17-22(2)16-10-19-24-21-13-8-5-9-14-21;1-3-14-22(19-10-7-8-11-19)17-16-21(2)15-9-18-23-20-12-5-4-6-13-20/h5,8,13,20H,3-4,6-7,9-12,14-19H2,1-2H3;4-6,12-13,19H,3,7-11,14-18H2,1-2H3. The molecule has 47 heavy (non-hydrogen) atoms. The quantitative estimate of drug-likeness (QED) is 0.0884. The van der Waals surface area contributed by atoms with Crippen LogP contribution in [-0.4, -0.2) is 110 Å². The smallest absolute Gasteiger partial charge is 0.0112 e. The van der Waals surface area contributed by atoms with Crippen LogP contribution in [0.1, 0.15) is 110 Å². The van der Waals surface area contributed by atoms with Gasteiger partial charge in [0.05, 0.1) is 0 Å². The summed E-state index contributed by atoms with van der Waals surface area (Å²) in [5.74, 6) is 2.49. The molecule has 4 nitrogen and oxygen atoms in total. The van der Waals surface area contributed by atoms with E-state index in [1.54, 1.807) is 4.91 Å². The van der Waals surface area contributed by atoms with Crippen molar-refractivity contribution < 1.29 is 0 Å². The largest absolute Gasteiger partial charge is 0.305 e. The Morgan fingerprint density at radius 2 is 1.15 bits per heavy atom. The molecule has 0 saturated heterocycles. The first-order valence-corrected chi connectivity index (χ1v) is 21.6. The molecule has 2 saturated carbocycles. The van der Waals surface area contributed by atoms with E-state index in [1.165, 1.54) is 165 Å². The van der Waals surface area contributed by atoms with E-state index in [0.29, 0.717) is 0 Å². The number of rotatable bonds is 22. The molecular formula is C41H72N4S2. The first kappa shape index (κ1) is 40.7. The van der Waals surface area contributed by atoms with Crippen LogP contribution in [-0.2, 0) is 0 Å². The van der Waals surface area contributed by atoms with Gasteiger partial charge in [0.15, 0.2) is 0 Å². The van der Waals surface area contributed by atoms with Crippen molar-refractivity contribution in [3.63, 3.8) is 0 Å². The molecule has 4 rings (SSSR count). The molecule has 268 valence electrons. The van der Waals surface area contributed by atoms with Crippen molar-refractivity contribution in [2.45, 2.75) is 127 Å². The normalized spacial score (nSPS) is 17.6. The summed E-state index contributed by atoms with van der Waals surface area (Å²) in [5, 5.41) is 0. The first-order valence-electron chi connectivity index (χ1n) is 19.6. The summed E-state index contributed by atoms with van der Waals surface area (Å²) >= 11 is 4.05. The van der Waals surface area contributed by atoms with Gasteiger partial charge in [0, 0.05) is 43.2 Å². The highest BCUT2D eigenvalue weighted by Crippen LogP contribution is 2.26. The van der Waals surface area contributed by atoms with Crippen LogP contribution in [0.2, 0.25) is 0 Å². The zero-order valence-corrected chi connectivity index (χ0v) is 32.7. The summed E-state index contributed by atoms with van der Waals surface area (Å²) in [7, 11) is 4.59. The molecular weight excluding hydrogens is 613 g/mol. The number of nitrogens with zero attached hydrogens (tertiary/aromatic N) is 4. The fraction of sp³-hybridized carbons (Fsp3) is 0.756. The molecule has 3 aliphatic carbocycles. The van der Waals surface area contributed by atoms with Crippen molar-refractivity contribution in [1.29, 1.82) is 0 Å². The molecule has 6 heteroatoms. The molecule has 0 atom stereocenters. The molecule has 0 spiro atoms. The Kier molecular flexibility index (Phi) is 22.6. The lowest BCUT2D eigenvalue weighted by atomic mass is 9.94. The van der Waals surface area contributed by atoms with E-state index in [0.717, 1.165) is 12.1 Å².